The smallest absolute Gasteiger partial charge is 0.241 e. The fraction of sp³-hybridized carbons (Fsp3) is 0.833. The zero-order valence-corrected chi connectivity index (χ0v) is 9.70. The van der Waals surface area contributed by atoms with Crippen LogP contribution in [0.4, 0.5) is 0 Å². The second-order valence-corrected chi connectivity index (χ2v) is 6.40. The van der Waals surface area contributed by atoms with Crippen LogP contribution < -0.4 is 0 Å². The predicted octanol–water partition coefficient (Wildman–Crippen LogP) is 2.50. The van der Waals surface area contributed by atoms with Crippen LogP contribution >= 0.6 is 11.6 Å². The highest BCUT2D eigenvalue weighted by molar-refractivity contribution is 6.16. The zero-order chi connectivity index (χ0) is 10.5. The molecule has 0 radical (unpaired) electrons. The van der Waals surface area contributed by atoms with Gasteiger partial charge in [-0.05, 0) is 48.9 Å². The van der Waals surface area contributed by atoms with E-state index < -0.39 is 0 Å². The maximum Gasteiger partial charge on any atom is 0.241 e. The molecule has 0 aliphatic heterocycles. The highest BCUT2D eigenvalue weighted by Crippen LogP contribution is 2.92. The molecule has 0 saturated heterocycles. The van der Waals surface area contributed by atoms with E-state index in [0.29, 0.717) is 22.6 Å². The first-order valence-corrected chi connectivity index (χ1v) is 6.74. The first kappa shape index (κ1) is 8.51. The molecule has 4 aliphatic rings. The Kier molecular flexibility index (Phi) is 1.17. The van der Waals surface area contributed by atoms with Crippen LogP contribution in [0.25, 0.3) is 0 Å². The van der Waals surface area contributed by atoms with Crippen molar-refractivity contribution >= 4 is 11.6 Å². The van der Waals surface area contributed by atoms with Gasteiger partial charge in [0.15, 0.2) is 5.82 Å². The van der Waals surface area contributed by atoms with E-state index >= 15 is 0 Å². The number of rotatable bonds is 2. The standard InChI is InChI=1S/C12H13ClN2O/c13-5-9-14-10(15-16-9)11-3-7-1-6-2-8(4-11)12(6,7)11/h6-8H,1-5H2. The molecule has 84 valence electrons. The molecule has 3 nitrogen and oxygen atoms in total. The van der Waals surface area contributed by atoms with Gasteiger partial charge < -0.3 is 4.52 Å². The minimum Gasteiger partial charge on any atom is -0.338 e. The van der Waals surface area contributed by atoms with Crippen molar-refractivity contribution in [3.8, 4) is 0 Å². The van der Waals surface area contributed by atoms with Crippen molar-refractivity contribution in [3.63, 3.8) is 0 Å². The number of hydrogen-bond acceptors (Lipinski definition) is 3. The van der Waals surface area contributed by atoms with Crippen LogP contribution in [0.3, 0.4) is 0 Å². The van der Waals surface area contributed by atoms with Crippen LogP contribution in [0.15, 0.2) is 4.52 Å². The molecule has 16 heavy (non-hydrogen) atoms. The molecule has 0 amide bonds. The molecule has 0 bridgehead atoms. The van der Waals surface area contributed by atoms with Crippen molar-refractivity contribution < 1.29 is 4.52 Å². The molecule has 5 rings (SSSR count). The molecular formula is C12H13ClN2O. The largest absolute Gasteiger partial charge is 0.338 e. The summed E-state index contributed by atoms with van der Waals surface area (Å²) in [5.41, 5.74) is 0.956. The van der Waals surface area contributed by atoms with E-state index in [1.165, 1.54) is 25.7 Å². The number of alkyl halides is 1. The number of halogens is 1. The molecule has 2 atom stereocenters. The molecule has 2 unspecified atom stereocenters. The summed E-state index contributed by atoms with van der Waals surface area (Å²) in [5.74, 6) is 4.87. The molecule has 0 N–H and O–H groups in total. The molecule has 4 heteroatoms. The minimum absolute atomic E-state index is 0.317. The third-order valence-electron chi connectivity index (χ3n) is 6.19. The van der Waals surface area contributed by atoms with Crippen molar-refractivity contribution in [2.75, 3.05) is 0 Å². The zero-order valence-electron chi connectivity index (χ0n) is 8.95. The van der Waals surface area contributed by atoms with E-state index in [-0.39, 0.29) is 0 Å². The third kappa shape index (κ3) is 0.550. The summed E-state index contributed by atoms with van der Waals surface area (Å²) in [6, 6.07) is 0. The van der Waals surface area contributed by atoms with Gasteiger partial charge in [-0.1, -0.05) is 5.16 Å². The van der Waals surface area contributed by atoms with Crippen LogP contribution in [-0.4, -0.2) is 10.1 Å². The first-order valence-electron chi connectivity index (χ1n) is 6.20. The lowest BCUT2D eigenvalue weighted by atomic mass is 9.13. The second kappa shape index (κ2) is 2.20. The van der Waals surface area contributed by atoms with Gasteiger partial charge in [0.1, 0.15) is 5.88 Å². The quantitative estimate of drug-likeness (QED) is 0.741. The Balaban J connectivity index is 1.59. The number of hydrogen-bond donors (Lipinski definition) is 0. The van der Waals surface area contributed by atoms with Gasteiger partial charge in [0.2, 0.25) is 5.89 Å². The molecule has 4 aliphatic carbocycles. The normalized spacial score (nSPS) is 54.9. The van der Waals surface area contributed by atoms with Crippen molar-refractivity contribution in [2.45, 2.75) is 37.0 Å². The Morgan fingerprint density at radius 1 is 1.25 bits per heavy atom. The molecule has 1 spiro atoms. The van der Waals surface area contributed by atoms with Gasteiger partial charge in [0, 0.05) is 5.41 Å². The van der Waals surface area contributed by atoms with Crippen molar-refractivity contribution in [2.24, 2.45) is 23.2 Å². The first-order chi connectivity index (χ1) is 7.81. The van der Waals surface area contributed by atoms with Crippen LogP contribution in [0.2, 0.25) is 0 Å². The lowest BCUT2D eigenvalue weighted by Crippen LogP contribution is -2.87. The van der Waals surface area contributed by atoms with Gasteiger partial charge in [-0.3, -0.25) is 0 Å². The van der Waals surface area contributed by atoms with Gasteiger partial charge in [-0.25, -0.2) is 0 Å². The van der Waals surface area contributed by atoms with Crippen molar-refractivity contribution in [3.05, 3.63) is 11.7 Å². The maximum atomic E-state index is 5.72. The SMILES string of the molecule is ClCc1nc(C23CC4CC5CC(C2)C543)no1. The van der Waals surface area contributed by atoms with Gasteiger partial charge in [0.25, 0.3) is 0 Å². The Bertz CT molecular complexity index is 471. The van der Waals surface area contributed by atoms with E-state index in [4.69, 9.17) is 16.1 Å². The molecule has 1 aromatic rings. The molecule has 0 aromatic carbocycles. The summed E-state index contributed by atoms with van der Waals surface area (Å²) in [7, 11) is 0. The topological polar surface area (TPSA) is 38.9 Å². The van der Waals surface area contributed by atoms with Gasteiger partial charge in [0.05, 0.1) is 0 Å². The van der Waals surface area contributed by atoms with Crippen molar-refractivity contribution in [1.82, 2.24) is 10.1 Å². The van der Waals surface area contributed by atoms with Crippen LogP contribution in [0.1, 0.15) is 37.4 Å². The Hall–Kier alpha value is -0.570. The predicted molar refractivity (Wildman–Crippen MR) is 56.9 cm³/mol. The summed E-state index contributed by atoms with van der Waals surface area (Å²) >= 11 is 5.72. The van der Waals surface area contributed by atoms with E-state index in [1.807, 2.05) is 0 Å². The maximum absolute atomic E-state index is 5.72. The van der Waals surface area contributed by atoms with Crippen LogP contribution in [0.5, 0.6) is 0 Å². The molecule has 1 heterocycles. The summed E-state index contributed by atoms with van der Waals surface area (Å²) < 4.78 is 5.18. The Morgan fingerprint density at radius 3 is 2.50 bits per heavy atom. The number of aromatic nitrogens is 2. The molecule has 4 saturated carbocycles. The average molecular weight is 237 g/mol. The molecular weight excluding hydrogens is 224 g/mol. The van der Waals surface area contributed by atoms with Crippen LogP contribution in [-0.2, 0) is 11.3 Å². The van der Waals surface area contributed by atoms with E-state index in [0.717, 1.165) is 23.6 Å². The monoisotopic (exact) mass is 236 g/mol. The van der Waals surface area contributed by atoms with Crippen molar-refractivity contribution in [1.29, 1.82) is 0 Å². The lowest BCUT2D eigenvalue weighted by Gasteiger charge is -2.90. The van der Waals surface area contributed by atoms with Gasteiger partial charge in [-0.15, -0.1) is 11.6 Å². The summed E-state index contributed by atoms with van der Waals surface area (Å²) in [5, 5.41) is 4.18. The fourth-order valence-electron chi connectivity index (χ4n) is 5.81. The van der Waals surface area contributed by atoms with E-state index in [1.54, 1.807) is 0 Å². The van der Waals surface area contributed by atoms with E-state index in [9.17, 15) is 0 Å². The Labute approximate surface area is 98.5 Å². The summed E-state index contributed by atoms with van der Waals surface area (Å²) in [4.78, 5) is 4.48. The fourth-order valence-corrected chi connectivity index (χ4v) is 5.92. The Morgan fingerprint density at radius 2 is 2.00 bits per heavy atom. The highest BCUT2D eigenvalue weighted by Gasteiger charge is 2.89. The molecule has 1 aromatic heterocycles. The third-order valence-corrected chi connectivity index (χ3v) is 6.42. The summed E-state index contributed by atoms with van der Waals surface area (Å²) in [6.07, 6.45) is 5.56. The minimum atomic E-state index is 0.317. The summed E-state index contributed by atoms with van der Waals surface area (Å²) in [6.45, 7) is 0. The number of nitrogens with zero attached hydrogens (tertiary/aromatic N) is 2. The van der Waals surface area contributed by atoms with Crippen LogP contribution in [0, 0.1) is 23.2 Å². The highest BCUT2D eigenvalue weighted by atomic mass is 35.5. The van der Waals surface area contributed by atoms with Gasteiger partial charge >= 0.3 is 0 Å². The van der Waals surface area contributed by atoms with E-state index in [2.05, 4.69) is 10.1 Å². The second-order valence-electron chi connectivity index (χ2n) is 6.13. The lowest BCUT2D eigenvalue weighted by molar-refractivity contribution is -0.397. The van der Waals surface area contributed by atoms with Gasteiger partial charge in [-0.2, -0.15) is 4.98 Å². The average Bonchev–Trinajstić information content (AvgIpc) is 2.62. The molecule has 4 fully saturated rings.